The molecule has 0 spiro atoms. The Bertz CT molecular complexity index is 585. The number of nitrogens with zero attached hydrogens (tertiary/aromatic N) is 1. The monoisotopic (exact) mass is 282 g/mol. The number of hydrogen-bond acceptors (Lipinski definition) is 3. The number of aromatic nitrogens is 1. The van der Waals surface area contributed by atoms with Crippen molar-refractivity contribution in [3.8, 4) is 5.75 Å². The Morgan fingerprint density at radius 1 is 1.15 bits per heavy atom. The molecule has 20 heavy (non-hydrogen) atoms. The largest absolute Gasteiger partial charge is 0.489 e. The van der Waals surface area contributed by atoms with Crippen LogP contribution in [0.5, 0.6) is 5.75 Å². The first-order valence-corrected chi connectivity index (χ1v) is 5.93. The average Bonchev–Trinajstić information content (AvgIpc) is 2.45. The summed E-state index contributed by atoms with van der Waals surface area (Å²) in [5, 5.41) is 0. The number of ether oxygens (including phenoxy) is 1. The van der Waals surface area contributed by atoms with Gasteiger partial charge in [-0.1, -0.05) is 12.1 Å². The molecule has 1 aromatic carbocycles. The molecule has 2 aromatic rings. The summed E-state index contributed by atoms with van der Waals surface area (Å²) in [4.78, 5) is 4.08. The molecule has 0 aliphatic heterocycles. The van der Waals surface area contributed by atoms with Gasteiger partial charge >= 0.3 is 6.18 Å². The Balaban J connectivity index is 2.11. The molecule has 0 atom stereocenters. The SMILES string of the molecule is NCc1ncccc1COc1cccc(C(F)(F)F)c1. The summed E-state index contributed by atoms with van der Waals surface area (Å²) < 4.78 is 43.1. The maximum Gasteiger partial charge on any atom is 0.416 e. The normalized spacial score (nSPS) is 11.4. The van der Waals surface area contributed by atoms with E-state index in [1.807, 2.05) is 0 Å². The van der Waals surface area contributed by atoms with Crippen LogP contribution >= 0.6 is 0 Å². The van der Waals surface area contributed by atoms with Gasteiger partial charge in [0.2, 0.25) is 0 Å². The first-order chi connectivity index (χ1) is 9.50. The minimum absolute atomic E-state index is 0.127. The van der Waals surface area contributed by atoms with Crippen LogP contribution in [0.1, 0.15) is 16.8 Å². The molecule has 1 aromatic heterocycles. The van der Waals surface area contributed by atoms with E-state index < -0.39 is 11.7 Å². The van der Waals surface area contributed by atoms with Crippen LogP contribution in [0.2, 0.25) is 0 Å². The van der Waals surface area contributed by atoms with E-state index in [0.29, 0.717) is 5.69 Å². The van der Waals surface area contributed by atoms with Gasteiger partial charge in [-0.25, -0.2) is 0 Å². The lowest BCUT2D eigenvalue weighted by atomic mass is 10.2. The zero-order chi connectivity index (χ0) is 14.6. The standard InChI is InChI=1S/C14H13F3N2O/c15-14(16,17)11-4-1-5-12(7-11)20-9-10-3-2-6-19-13(10)8-18/h1-7H,8-9,18H2. The van der Waals surface area contributed by atoms with Crippen molar-refractivity contribution in [3.63, 3.8) is 0 Å². The summed E-state index contributed by atoms with van der Waals surface area (Å²) in [6, 6.07) is 8.27. The summed E-state index contributed by atoms with van der Waals surface area (Å²) in [6.07, 6.45) is -2.77. The van der Waals surface area contributed by atoms with Crippen molar-refractivity contribution >= 4 is 0 Å². The molecule has 2 rings (SSSR count). The highest BCUT2D eigenvalue weighted by atomic mass is 19.4. The number of benzene rings is 1. The van der Waals surface area contributed by atoms with Crippen molar-refractivity contribution in [2.45, 2.75) is 19.3 Å². The predicted octanol–water partition coefficient (Wildman–Crippen LogP) is 3.14. The third-order valence-electron chi connectivity index (χ3n) is 2.73. The van der Waals surface area contributed by atoms with Gasteiger partial charge in [-0.3, -0.25) is 4.98 Å². The summed E-state index contributed by atoms with van der Waals surface area (Å²) in [7, 11) is 0. The average molecular weight is 282 g/mol. The molecule has 0 aliphatic rings. The third kappa shape index (κ3) is 3.48. The maximum absolute atomic E-state index is 12.6. The highest BCUT2D eigenvalue weighted by Gasteiger charge is 2.30. The zero-order valence-electron chi connectivity index (χ0n) is 10.5. The lowest BCUT2D eigenvalue weighted by molar-refractivity contribution is -0.137. The molecule has 0 aliphatic carbocycles. The van der Waals surface area contributed by atoms with Crippen molar-refractivity contribution in [2.75, 3.05) is 0 Å². The molecule has 0 saturated carbocycles. The number of alkyl halides is 3. The highest BCUT2D eigenvalue weighted by molar-refractivity contribution is 5.30. The molecule has 2 N–H and O–H groups in total. The van der Waals surface area contributed by atoms with Crippen molar-refractivity contribution in [1.29, 1.82) is 0 Å². The molecule has 6 heteroatoms. The molecular formula is C14H13F3N2O. The quantitative estimate of drug-likeness (QED) is 0.937. The van der Waals surface area contributed by atoms with Crippen LogP contribution in [0.25, 0.3) is 0 Å². The first kappa shape index (κ1) is 14.3. The van der Waals surface area contributed by atoms with Crippen molar-refractivity contribution in [3.05, 3.63) is 59.4 Å². The van der Waals surface area contributed by atoms with Gasteiger partial charge in [0.15, 0.2) is 0 Å². The zero-order valence-corrected chi connectivity index (χ0v) is 10.5. The number of rotatable bonds is 4. The summed E-state index contributed by atoms with van der Waals surface area (Å²) in [6.45, 7) is 0.379. The summed E-state index contributed by atoms with van der Waals surface area (Å²) in [5.74, 6) is 0.159. The van der Waals surface area contributed by atoms with E-state index in [4.69, 9.17) is 10.5 Å². The number of nitrogens with two attached hydrogens (primary N) is 1. The maximum atomic E-state index is 12.6. The van der Waals surface area contributed by atoms with Gasteiger partial charge in [0.1, 0.15) is 12.4 Å². The van der Waals surface area contributed by atoms with Crippen LogP contribution in [0.15, 0.2) is 42.6 Å². The Labute approximate surface area is 114 Å². The Kier molecular flexibility index (Phi) is 4.24. The van der Waals surface area contributed by atoms with Crippen LogP contribution in [0.4, 0.5) is 13.2 Å². The lowest BCUT2D eigenvalue weighted by Crippen LogP contribution is -2.08. The Hall–Kier alpha value is -2.08. The third-order valence-corrected chi connectivity index (χ3v) is 2.73. The highest BCUT2D eigenvalue weighted by Crippen LogP contribution is 2.31. The van der Waals surface area contributed by atoms with Gasteiger partial charge in [-0.05, 0) is 24.3 Å². The van der Waals surface area contributed by atoms with E-state index in [1.165, 1.54) is 12.1 Å². The fourth-order valence-electron chi connectivity index (χ4n) is 1.71. The van der Waals surface area contributed by atoms with Gasteiger partial charge in [0.25, 0.3) is 0 Å². The number of hydrogen-bond donors (Lipinski definition) is 1. The molecule has 3 nitrogen and oxygen atoms in total. The van der Waals surface area contributed by atoms with E-state index in [1.54, 1.807) is 18.3 Å². The van der Waals surface area contributed by atoms with Crippen LogP contribution in [0.3, 0.4) is 0 Å². The van der Waals surface area contributed by atoms with Gasteiger partial charge in [-0.15, -0.1) is 0 Å². The fourth-order valence-corrected chi connectivity index (χ4v) is 1.71. The van der Waals surface area contributed by atoms with E-state index in [-0.39, 0.29) is 18.9 Å². The molecule has 0 unspecified atom stereocenters. The molecule has 0 saturated heterocycles. The molecular weight excluding hydrogens is 269 g/mol. The minimum atomic E-state index is -4.38. The number of halogens is 3. The van der Waals surface area contributed by atoms with E-state index in [0.717, 1.165) is 17.7 Å². The lowest BCUT2D eigenvalue weighted by Gasteiger charge is -2.11. The fraction of sp³-hybridized carbons (Fsp3) is 0.214. The van der Waals surface area contributed by atoms with Gasteiger partial charge in [0, 0.05) is 18.3 Å². The van der Waals surface area contributed by atoms with E-state index in [9.17, 15) is 13.2 Å². The molecule has 1 heterocycles. The number of pyridine rings is 1. The van der Waals surface area contributed by atoms with Crippen LogP contribution < -0.4 is 10.5 Å². The van der Waals surface area contributed by atoms with Gasteiger partial charge in [0.05, 0.1) is 11.3 Å². The Morgan fingerprint density at radius 2 is 1.95 bits per heavy atom. The molecule has 0 bridgehead atoms. The topological polar surface area (TPSA) is 48.1 Å². The van der Waals surface area contributed by atoms with Crippen molar-refractivity contribution < 1.29 is 17.9 Å². The van der Waals surface area contributed by atoms with Gasteiger partial charge < -0.3 is 10.5 Å². The minimum Gasteiger partial charge on any atom is -0.489 e. The summed E-state index contributed by atoms with van der Waals surface area (Å²) >= 11 is 0. The van der Waals surface area contributed by atoms with Crippen LogP contribution in [0, 0.1) is 0 Å². The molecule has 0 amide bonds. The summed E-state index contributed by atoms with van der Waals surface area (Å²) in [5.41, 5.74) is 6.22. The predicted molar refractivity (Wildman–Crippen MR) is 67.9 cm³/mol. The van der Waals surface area contributed by atoms with Crippen LogP contribution in [-0.2, 0) is 19.3 Å². The second-order valence-corrected chi connectivity index (χ2v) is 4.13. The van der Waals surface area contributed by atoms with Crippen LogP contribution in [-0.4, -0.2) is 4.98 Å². The smallest absolute Gasteiger partial charge is 0.416 e. The van der Waals surface area contributed by atoms with E-state index >= 15 is 0 Å². The molecule has 106 valence electrons. The van der Waals surface area contributed by atoms with Gasteiger partial charge in [-0.2, -0.15) is 13.2 Å². The van der Waals surface area contributed by atoms with Crippen molar-refractivity contribution in [2.24, 2.45) is 5.73 Å². The van der Waals surface area contributed by atoms with E-state index in [2.05, 4.69) is 4.98 Å². The second-order valence-electron chi connectivity index (χ2n) is 4.13. The first-order valence-electron chi connectivity index (χ1n) is 5.93. The van der Waals surface area contributed by atoms with Crippen molar-refractivity contribution in [1.82, 2.24) is 4.98 Å². The molecule has 0 radical (unpaired) electrons. The molecule has 0 fully saturated rings. The second kappa shape index (κ2) is 5.92. The Morgan fingerprint density at radius 3 is 2.65 bits per heavy atom.